The fraction of sp³-hybridized carbons (Fsp3) is 0.421. The molecule has 5 rings (SSSR count). The van der Waals surface area contributed by atoms with E-state index >= 15 is 0 Å². The number of nitrogens with zero attached hydrogens (tertiary/aromatic N) is 4. The first-order valence-electron chi connectivity index (χ1n) is 8.92. The van der Waals surface area contributed by atoms with E-state index in [2.05, 4.69) is 28.2 Å². The van der Waals surface area contributed by atoms with E-state index in [1.165, 1.54) is 18.4 Å². The lowest BCUT2D eigenvalue weighted by Crippen LogP contribution is -2.19. The minimum absolute atomic E-state index is 0.0176. The van der Waals surface area contributed by atoms with E-state index in [4.69, 9.17) is 21.4 Å². The molecular formula is C19H19ClN4O. The number of rotatable bonds is 3. The molecule has 3 aromatic rings. The topological polar surface area (TPSA) is 52.8 Å². The van der Waals surface area contributed by atoms with Crippen molar-refractivity contribution in [3.8, 4) is 11.5 Å². The molecule has 1 aliphatic heterocycles. The summed E-state index contributed by atoms with van der Waals surface area (Å²) in [5, 5.41) is 6.37. The van der Waals surface area contributed by atoms with Gasteiger partial charge in [-0.2, -0.15) is 5.10 Å². The van der Waals surface area contributed by atoms with Crippen molar-refractivity contribution in [1.29, 1.82) is 0 Å². The molecule has 0 bridgehead atoms. The fourth-order valence-corrected chi connectivity index (χ4v) is 3.72. The molecule has 3 heterocycles. The van der Waals surface area contributed by atoms with Gasteiger partial charge in [-0.05, 0) is 61.8 Å². The standard InChI is InChI=1S/C19H19ClN4O/c20-16-8-9-21-19(22-16)18-14-11-13(12-4-5-12)6-7-15(14)24(23-18)17-3-1-2-10-25-17/h6-9,11-12,17H,1-5,10H2. The summed E-state index contributed by atoms with van der Waals surface area (Å²) in [7, 11) is 0. The minimum Gasteiger partial charge on any atom is -0.356 e. The molecule has 1 aromatic carbocycles. The predicted octanol–water partition coefficient (Wildman–Crippen LogP) is 4.72. The zero-order valence-electron chi connectivity index (χ0n) is 13.9. The quantitative estimate of drug-likeness (QED) is 0.638. The molecule has 128 valence electrons. The van der Waals surface area contributed by atoms with Gasteiger partial charge in [0.1, 0.15) is 10.8 Å². The smallest absolute Gasteiger partial charge is 0.182 e. The summed E-state index contributed by atoms with van der Waals surface area (Å²) in [6, 6.07) is 8.33. The first-order valence-corrected chi connectivity index (χ1v) is 9.30. The van der Waals surface area contributed by atoms with Crippen LogP contribution >= 0.6 is 11.6 Å². The molecule has 1 saturated heterocycles. The molecule has 1 saturated carbocycles. The Hall–Kier alpha value is -1.98. The lowest BCUT2D eigenvalue weighted by Gasteiger charge is -2.23. The molecule has 0 spiro atoms. The van der Waals surface area contributed by atoms with Crippen molar-refractivity contribution in [1.82, 2.24) is 19.7 Å². The van der Waals surface area contributed by atoms with Crippen LogP contribution in [0.1, 0.15) is 49.8 Å². The highest BCUT2D eigenvalue weighted by Gasteiger charge is 2.27. The summed E-state index contributed by atoms with van der Waals surface area (Å²) < 4.78 is 7.97. The largest absolute Gasteiger partial charge is 0.356 e. The third-order valence-corrected chi connectivity index (χ3v) is 5.25. The van der Waals surface area contributed by atoms with Crippen LogP contribution in [-0.4, -0.2) is 26.4 Å². The number of hydrogen-bond acceptors (Lipinski definition) is 4. The molecule has 2 fully saturated rings. The maximum absolute atomic E-state index is 6.08. The van der Waals surface area contributed by atoms with Crippen LogP contribution in [0.4, 0.5) is 0 Å². The molecule has 0 radical (unpaired) electrons. The number of fused-ring (bicyclic) bond motifs is 1. The molecular weight excluding hydrogens is 336 g/mol. The average Bonchev–Trinajstić information content (AvgIpc) is 3.43. The number of hydrogen-bond donors (Lipinski definition) is 0. The van der Waals surface area contributed by atoms with Gasteiger partial charge in [-0.3, -0.25) is 0 Å². The van der Waals surface area contributed by atoms with E-state index in [-0.39, 0.29) is 6.23 Å². The van der Waals surface area contributed by atoms with Gasteiger partial charge >= 0.3 is 0 Å². The van der Waals surface area contributed by atoms with Gasteiger partial charge in [0.2, 0.25) is 0 Å². The molecule has 1 atom stereocenters. The normalized spacial score (nSPS) is 20.9. The molecule has 2 aliphatic rings. The van der Waals surface area contributed by atoms with E-state index in [1.807, 2.05) is 4.68 Å². The summed E-state index contributed by atoms with van der Waals surface area (Å²) in [6.07, 6.45) is 7.47. The second-order valence-electron chi connectivity index (χ2n) is 6.87. The first kappa shape index (κ1) is 15.3. The number of halogens is 1. The second kappa shape index (κ2) is 6.07. The molecule has 0 N–H and O–H groups in total. The van der Waals surface area contributed by atoms with Crippen LogP contribution in [0.2, 0.25) is 5.15 Å². The lowest BCUT2D eigenvalue weighted by molar-refractivity contribution is -0.0365. The van der Waals surface area contributed by atoms with Gasteiger partial charge in [-0.15, -0.1) is 0 Å². The highest BCUT2D eigenvalue weighted by atomic mass is 35.5. The first-order chi connectivity index (χ1) is 12.3. The monoisotopic (exact) mass is 354 g/mol. The van der Waals surface area contributed by atoms with Crippen LogP contribution < -0.4 is 0 Å². The number of ether oxygens (including phenoxy) is 1. The van der Waals surface area contributed by atoms with Gasteiger partial charge in [-0.1, -0.05) is 17.7 Å². The maximum atomic E-state index is 6.08. The van der Waals surface area contributed by atoms with Crippen molar-refractivity contribution in [2.75, 3.05) is 6.61 Å². The van der Waals surface area contributed by atoms with Gasteiger partial charge in [0.25, 0.3) is 0 Å². The highest BCUT2D eigenvalue weighted by molar-refractivity contribution is 6.29. The van der Waals surface area contributed by atoms with E-state index < -0.39 is 0 Å². The Bertz CT molecular complexity index is 928. The molecule has 1 aliphatic carbocycles. The van der Waals surface area contributed by atoms with Crippen molar-refractivity contribution >= 4 is 22.5 Å². The zero-order valence-corrected chi connectivity index (χ0v) is 14.6. The Morgan fingerprint density at radius 2 is 2.04 bits per heavy atom. The van der Waals surface area contributed by atoms with Crippen LogP contribution in [-0.2, 0) is 4.74 Å². The molecule has 5 nitrogen and oxygen atoms in total. The van der Waals surface area contributed by atoms with Crippen molar-refractivity contribution in [3.63, 3.8) is 0 Å². The van der Waals surface area contributed by atoms with Crippen molar-refractivity contribution < 1.29 is 4.74 Å². The SMILES string of the molecule is Clc1ccnc(-c2nn(C3CCCCO3)c3ccc(C4CC4)cc23)n1. The summed E-state index contributed by atoms with van der Waals surface area (Å²) in [5.74, 6) is 1.26. The number of benzene rings is 1. The van der Waals surface area contributed by atoms with Gasteiger partial charge in [0.15, 0.2) is 12.1 Å². The van der Waals surface area contributed by atoms with Gasteiger partial charge in [0, 0.05) is 18.2 Å². The Labute approximate surface area is 151 Å². The third kappa shape index (κ3) is 2.81. The van der Waals surface area contributed by atoms with Crippen molar-refractivity contribution in [2.24, 2.45) is 0 Å². The van der Waals surface area contributed by atoms with Gasteiger partial charge in [-0.25, -0.2) is 14.6 Å². The van der Waals surface area contributed by atoms with E-state index in [0.29, 0.717) is 16.9 Å². The second-order valence-corrected chi connectivity index (χ2v) is 7.26. The van der Waals surface area contributed by atoms with E-state index in [1.54, 1.807) is 12.3 Å². The molecule has 2 aromatic heterocycles. The minimum atomic E-state index is -0.0176. The molecule has 1 unspecified atom stereocenters. The van der Waals surface area contributed by atoms with E-state index in [0.717, 1.165) is 42.5 Å². The molecule has 0 amide bonds. The summed E-state index contributed by atoms with van der Waals surface area (Å²) in [4.78, 5) is 8.78. The highest BCUT2D eigenvalue weighted by Crippen LogP contribution is 2.42. The number of aromatic nitrogens is 4. The van der Waals surface area contributed by atoms with Crippen LogP contribution in [0, 0.1) is 0 Å². The maximum Gasteiger partial charge on any atom is 0.182 e. The average molecular weight is 355 g/mol. The van der Waals surface area contributed by atoms with Crippen molar-refractivity contribution in [2.45, 2.75) is 44.2 Å². The molecule has 25 heavy (non-hydrogen) atoms. The summed E-state index contributed by atoms with van der Waals surface area (Å²) in [6.45, 7) is 0.787. The zero-order chi connectivity index (χ0) is 16.8. The Morgan fingerprint density at radius 1 is 1.12 bits per heavy atom. The van der Waals surface area contributed by atoms with Gasteiger partial charge in [0.05, 0.1) is 5.52 Å². The fourth-order valence-electron chi connectivity index (χ4n) is 3.58. The Morgan fingerprint density at radius 3 is 2.80 bits per heavy atom. The third-order valence-electron chi connectivity index (χ3n) is 5.04. The van der Waals surface area contributed by atoms with Crippen LogP contribution in [0.25, 0.3) is 22.4 Å². The Balaban J connectivity index is 1.69. The van der Waals surface area contributed by atoms with Crippen LogP contribution in [0.15, 0.2) is 30.5 Å². The van der Waals surface area contributed by atoms with E-state index in [9.17, 15) is 0 Å². The van der Waals surface area contributed by atoms with Crippen molar-refractivity contribution in [3.05, 3.63) is 41.2 Å². The summed E-state index contributed by atoms with van der Waals surface area (Å²) >= 11 is 6.08. The molecule has 6 heteroatoms. The van der Waals surface area contributed by atoms with Crippen LogP contribution in [0.5, 0.6) is 0 Å². The van der Waals surface area contributed by atoms with Crippen LogP contribution in [0.3, 0.4) is 0 Å². The van der Waals surface area contributed by atoms with Gasteiger partial charge < -0.3 is 4.74 Å². The predicted molar refractivity (Wildman–Crippen MR) is 96.6 cm³/mol. The Kier molecular flexibility index (Phi) is 3.71. The lowest BCUT2D eigenvalue weighted by atomic mass is 10.1. The summed E-state index contributed by atoms with van der Waals surface area (Å²) in [5.41, 5.74) is 3.24.